The van der Waals surface area contributed by atoms with Gasteiger partial charge in [-0.3, -0.25) is 0 Å². The number of halogens is 1. The van der Waals surface area contributed by atoms with Crippen LogP contribution in [0.15, 0.2) is 40.9 Å². The Balaban J connectivity index is 2.08. The zero-order chi connectivity index (χ0) is 17.5. The second-order valence-electron chi connectivity index (χ2n) is 5.85. The summed E-state index contributed by atoms with van der Waals surface area (Å²) < 4.78 is 12.3. The molecule has 0 aromatic heterocycles. The molecule has 0 heterocycles. The molecule has 0 saturated carbocycles. The molecule has 0 amide bonds. The molecule has 0 radical (unpaired) electrons. The lowest BCUT2D eigenvalue weighted by atomic mass is 10.1. The first kappa shape index (κ1) is 18.8. The summed E-state index contributed by atoms with van der Waals surface area (Å²) in [5.41, 5.74) is 3.38. The zero-order valence-corrected chi connectivity index (χ0v) is 15.9. The highest BCUT2D eigenvalue weighted by Crippen LogP contribution is 2.34. The number of nitrogens with one attached hydrogen (secondary N) is 1. The first-order valence-corrected chi connectivity index (χ1v) is 8.72. The number of hydrogen-bond donors (Lipinski definition) is 2. The van der Waals surface area contributed by atoms with Gasteiger partial charge in [-0.25, -0.2) is 0 Å². The molecule has 0 bridgehead atoms. The maximum atomic E-state index is 9.32. The van der Waals surface area contributed by atoms with Crippen molar-refractivity contribution < 1.29 is 14.6 Å². The first-order chi connectivity index (χ1) is 11.5. The van der Waals surface area contributed by atoms with Crippen LogP contribution in [0.5, 0.6) is 11.5 Å². The summed E-state index contributed by atoms with van der Waals surface area (Å²) >= 11 is 3.58. The van der Waals surface area contributed by atoms with Crippen molar-refractivity contribution >= 4 is 15.9 Å². The van der Waals surface area contributed by atoms with Gasteiger partial charge in [-0.15, -0.1) is 0 Å². The number of aryl methyl sites for hydroxylation is 1. The Morgan fingerprint density at radius 1 is 1.21 bits per heavy atom. The largest absolute Gasteiger partial charge is 0.493 e. The minimum absolute atomic E-state index is 0.373. The molecule has 2 rings (SSSR count). The molecule has 0 saturated heterocycles. The van der Waals surface area contributed by atoms with E-state index < -0.39 is 0 Å². The van der Waals surface area contributed by atoms with Gasteiger partial charge in [0.05, 0.1) is 13.2 Å². The molecule has 2 N–H and O–H groups in total. The third-order valence-corrected chi connectivity index (χ3v) is 4.30. The predicted octanol–water partition coefficient (Wildman–Crippen LogP) is 3.82. The minimum Gasteiger partial charge on any atom is -0.493 e. The Kier molecular flexibility index (Phi) is 7.09. The number of hydrogen-bond acceptors (Lipinski definition) is 4. The lowest BCUT2D eigenvalue weighted by molar-refractivity contribution is 0.191. The van der Waals surface area contributed by atoms with Crippen molar-refractivity contribution in [1.29, 1.82) is 0 Å². The van der Waals surface area contributed by atoms with Gasteiger partial charge in [0.25, 0.3) is 0 Å². The van der Waals surface area contributed by atoms with E-state index >= 15 is 0 Å². The Bertz CT molecular complexity index is 674. The van der Waals surface area contributed by atoms with E-state index in [0.717, 1.165) is 15.6 Å². The van der Waals surface area contributed by atoms with Crippen LogP contribution in [-0.2, 0) is 13.2 Å². The molecule has 1 unspecified atom stereocenters. The van der Waals surface area contributed by atoms with Crippen LogP contribution in [0.3, 0.4) is 0 Å². The number of aliphatic hydroxyl groups excluding tert-OH is 1. The molecule has 0 aliphatic carbocycles. The Hall–Kier alpha value is -1.56. The van der Waals surface area contributed by atoms with Gasteiger partial charge in [0.15, 0.2) is 11.5 Å². The topological polar surface area (TPSA) is 50.7 Å². The molecule has 0 fully saturated rings. The van der Waals surface area contributed by atoms with Crippen molar-refractivity contribution in [3.05, 3.63) is 57.6 Å². The molecule has 2 aromatic carbocycles. The molecule has 1 atom stereocenters. The van der Waals surface area contributed by atoms with Crippen molar-refractivity contribution in [2.75, 3.05) is 13.7 Å². The van der Waals surface area contributed by atoms with Crippen molar-refractivity contribution in [2.24, 2.45) is 0 Å². The summed E-state index contributed by atoms with van der Waals surface area (Å²) in [5, 5.41) is 12.5. The Labute approximate surface area is 151 Å². The van der Waals surface area contributed by atoms with Crippen LogP contribution in [0, 0.1) is 6.92 Å². The van der Waals surface area contributed by atoms with E-state index in [1.54, 1.807) is 14.0 Å². The van der Waals surface area contributed by atoms with E-state index in [9.17, 15) is 5.11 Å². The van der Waals surface area contributed by atoms with Crippen LogP contribution in [0.25, 0.3) is 0 Å². The van der Waals surface area contributed by atoms with Crippen LogP contribution in [0.2, 0.25) is 0 Å². The highest BCUT2D eigenvalue weighted by Gasteiger charge is 2.11. The standard InChI is InChI=1S/C19H24BrNO3/c1-13-5-4-6-15(7-13)12-24-19-9-17(20)16(8-18(19)23-3)11-21-10-14(2)22/h4-9,14,21-22H,10-12H2,1-3H3. The summed E-state index contributed by atoms with van der Waals surface area (Å²) in [4.78, 5) is 0. The number of benzene rings is 2. The summed E-state index contributed by atoms with van der Waals surface area (Å²) in [6, 6.07) is 12.1. The van der Waals surface area contributed by atoms with Crippen molar-refractivity contribution in [1.82, 2.24) is 5.32 Å². The second-order valence-corrected chi connectivity index (χ2v) is 6.71. The lowest BCUT2D eigenvalue weighted by Gasteiger charge is -2.15. The Morgan fingerprint density at radius 2 is 2.00 bits per heavy atom. The van der Waals surface area contributed by atoms with E-state index in [2.05, 4.69) is 40.3 Å². The van der Waals surface area contributed by atoms with Crippen LogP contribution in [-0.4, -0.2) is 24.9 Å². The molecule has 130 valence electrons. The highest BCUT2D eigenvalue weighted by molar-refractivity contribution is 9.10. The van der Waals surface area contributed by atoms with Crippen LogP contribution < -0.4 is 14.8 Å². The molecule has 2 aromatic rings. The second kappa shape index (κ2) is 9.06. The first-order valence-electron chi connectivity index (χ1n) is 7.93. The Morgan fingerprint density at radius 3 is 2.67 bits per heavy atom. The molecule has 0 aliphatic rings. The smallest absolute Gasteiger partial charge is 0.162 e. The molecule has 5 heteroatoms. The van der Waals surface area contributed by atoms with Gasteiger partial charge in [0, 0.05) is 17.6 Å². The van der Waals surface area contributed by atoms with Crippen molar-refractivity contribution in [3.8, 4) is 11.5 Å². The summed E-state index contributed by atoms with van der Waals surface area (Å²) in [6.07, 6.45) is -0.373. The quantitative estimate of drug-likeness (QED) is 0.715. The monoisotopic (exact) mass is 393 g/mol. The summed E-state index contributed by atoms with van der Waals surface area (Å²) in [6.45, 7) is 5.49. The van der Waals surface area contributed by atoms with Gasteiger partial charge < -0.3 is 19.9 Å². The normalized spacial score (nSPS) is 12.0. The summed E-state index contributed by atoms with van der Waals surface area (Å²) in [7, 11) is 1.63. The zero-order valence-electron chi connectivity index (χ0n) is 14.3. The van der Waals surface area contributed by atoms with E-state index in [0.29, 0.717) is 31.2 Å². The van der Waals surface area contributed by atoms with E-state index in [1.165, 1.54) is 5.56 Å². The average molecular weight is 394 g/mol. The molecule has 4 nitrogen and oxygen atoms in total. The summed E-state index contributed by atoms with van der Waals surface area (Å²) in [5.74, 6) is 1.39. The van der Waals surface area contributed by atoms with E-state index in [4.69, 9.17) is 9.47 Å². The van der Waals surface area contributed by atoms with E-state index in [1.807, 2.05) is 24.3 Å². The van der Waals surface area contributed by atoms with Gasteiger partial charge in [-0.05, 0) is 37.1 Å². The highest BCUT2D eigenvalue weighted by atomic mass is 79.9. The van der Waals surface area contributed by atoms with Gasteiger partial charge in [-0.1, -0.05) is 45.8 Å². The predicted molar refractivity (Wildman–Crippen MR) is 99.6 cm³/mol. The lowest BCUT2D eigenvalue weighted by Crippen LogP contribution is -2.24. The fourth-order valence-corrected chi connectivity index (χ4v) is 2.83. The van der Waals surface area contributed by atoms with Crippen LogP contribution in [0.1, 0.15) is 23.6 Å². The SMILES string of the molecule is COc1cc(CNCC(C)O)c(Br)cc1OCc1cccc(C)c1. The fraction of sp³-hybridized carbons (Fsp3) is 0.368. The molecule has 0 spiro atoms. The van der Waals surface area contributed by atoms with Crippen molar-refractivity contribution in [2.45, 2.75) is 33.1 Å². The number of rotatable bonds is 8. The van der Waals surface area contributed by atoms with Crippen molar-refractivity contribution in [3.63, 3.8) is 0 Å². The number of ether oxygens (including phenoxy) is 2. The van der Waals surface area contributed by atoms with Gasteiger partial charge in [-0.2, -0.15) is 0 Å². The molecular weight excluding hydrogens is 370 g/mol. The van der Waals surface area contributed by atoms with E-state index in [-0.39, 0.29) is 6.10 Å². The van der Waals surface area contributed by atoms with Crippen LogP contribution >= 0.6 is 15.9 Å². The molecular formula is C19H24BrNO3. The number of aliphatic hydroxyl groups is 1. The third-order valence-electron chi connectivity index (χ3n) is 3.56. The maximum absolute atomic E-state index is 9.32. The maximum Gasteiger partial charge on any atom is 0.162 e. The molecule has 0 aliphatic heterocycles. The number of methoxy groups -OCH3 is 1. The fourth-order valence-electron chi connectivity index (χ4n) is 2.36. The van der Waals surface area contributed by atoms with Gasteiger partial charge in [0.2, 0.25) is 0 Å². The molecule has 24 heavy (non-hydrogen) atoms. The minimum atomic E-state index is -0.373. The average Bonchev–Trinajstić information content (AvgIpc) is 2.54. The van der Waals surface area contributed by atoms with Crippen LogP contribution in [0.4, 0.5) is 0 Å². The third kappa shape index (κ3) is 5.51. The van der Waals surface area contributed by atoms with Gasteiger partial charge >= 0.3 is 0 Å². The van der Waals surface area contributed by atoms with Gasteiger partial charge in [0.1, 0.15) is 6.61 Å².